The number of aromatic carboxylic acids is 1. The number of thiophene rings is 1. The zero-order chi connectivity index (χ0) is 25.4. The molecule has 0 spiro atoms. The van der Waals surface area contributed by atoms with Gasteiger partial charge in [-0.15, -0.1) is 11.3 Å². The van der Waals surface area contributed by atoms with Crippen molar-refractivity contribution in [2.24, 2.45) is 26.9 Å². The van der Waals surface area contributed by atoms with Crippen molar-refractivity contribution in [1.82, 2.24) is 4.90 Å². The lowest BCUT2D eigenvalue weighted by Gasteiger charge is -2.36. The summed E-state index contributed by atoms with van der Waals surface area (Å²) in [6.45, 7) is 4.72. The van der Waals surface area contributed by atoms with Crippen LogP contribution in [0.5, 0.6) is 0 Å². The van der Waals surface area contributed by atoms with E-state index in [1.807, 2.05) is 30.5 Å². The molecule has 1 fully saturated rings. The number of amidine groups is 1. The Morgan fingerprint density at radius 2 is 2.00 bits per heavy atom. The molecule has 1 atom stereocenters. The van der Waals surface area contributed by atoms with Crippen LogP contribution in [0.4, 0.5) is 0 Å². The Morgan fingerprint density at radius 1 is 1.19 bits per heavy atom. The van der Waals surface area contributed by atoms with Gasteiger partial charge < -0.3 is 5.11 Å². The fourth-order valence-electron chi connectivity index (χ4n) is 5.93. The number of carbonyl (C=O) groups is 1. The van der Waals surface area contributed by atoms with E-state index in [9.17, 15) is 9.90 Å². The summed E-state index contributed by atoms with van der Waals surface area (Å²) >= 11 is 1.39. The molecule has 8 heteroatoms. The maximum atomic E-state index is 12.4. The predicted octanol–water partition coefficient (Wildman–Crippen LogP) is 6.16. The van der Waals surface area contributed by atoms with Gasteiger partial charge in [0.15, 0.2) is 0 Å². The van der Waals surface area contributed by atoms with Gasteiger partial charge in [-0.2, -0.15) is 4.99 Å². The van der Waals surface area contributed by atoms with Crippen molar-refractivity contribution in [3.8, 4) is 10.4 Å². The third-order valence-corrected chi connectivity index (χ3v) is 9.09. The summed E-state index contributed by atoms with van der Waals surface area (Å²) in [6, 6.07) is 12.2. The first-order valence-electron chi connectivity index (χ1n) is 13.2. The van der Waals surface area contributed by atoms with E-state index in [4.69, 9.17) is 4.99 Å². The number of azo groups is 2. The number of allylic oxidation sites excluding steroid dienone is 1. The smallest absolute Gasteiger partial charge is 0.377 e. The summed E-state index contributed by atoms with van der Waals surface area (Å²) in [7, 11) is 0. The highest BCUT2D eigenvalue weighted by Crippen LogP contribution is 2.43. The van der Waals surface area contributed by atoms with Crippen LogP contribution in [0.1, 0.15) is 54.3 Å². The molecule has 1 aromatic heterocycles. The lowest BCUT2D eigenvalue weighted by atomic mass is 9.75. The molecule has 4 aliphatic rings. The highest BCUT2D eigenvalue weighted by molar-refractivity contribution is 7.17. The molecule has 4 heterocycles. The van der Waals surface area contributed by atoms with Crippen LogP contribution in [-0.2, 0) is 0 Å². The molecule has 3 aliphatic heterocycles. The highest BCUT2D eigenvalue weighted by atomic mass is 32.1. The second-order valence-corrected chi connectivity index (χ2v) is 11.5. The summed E-state index contributed by atoms with van der Waals surface area (Å²) in [4.78, 5) is 25.4. The second-order valence-electron chi connectivity index (χ2n) is 10.5. The number of carboxylic acid groups (broad SMARTS) is 1. The summed E-state index contributed by atoms with van der Waals surface area (Å²) in [5.74, 6) is 1.23. The van der Waals surface area contributed by atoms with E-state index in [2.05, 4.69) is 40.1 Å². The number of carboxylic acids is 1. The first-order valence-corrected chi connectivity index (χ1v) is 14.0. The Labute approximate surface area is 221 Å². The fourth-order valence-corrected chi connectivity index (χ4v) is 6.96. The molecule has 37 heavy (non-hydrogen) atoms. The number of hydrogen-bond acceptors (Lipinski definition) is 6. The van der Waals surface area contributed by atoms with Gasteiger partial charge in [-0.05, 0) is 58.6 Å². The Hall–Kier alpha value is -3.23. The largest absolute Gasteiger partial charge is 0.477 e. The van der Waals surface area contributed by atoms with Crippen molar-refractivity contribution in [3.63, 3.8) is 0 Å². The van der Waals surface area contributed by atoms with Gasteiger partial charge in [0.25, 0.3) is 0 Å². The molecule has 2 aromatic rings. The number of benzene rings is 1. The molecule has 1 unspecified atom stereocenters. The van der Waals surface area contributed by atoms with E-state index < -0.39 is 5.97 Å². The Kier molecular flexibility index (Phi) is 6.69. The predicted molar refractivity (Wildman–Crippen MR) is 147 cm³/mol. The molecule has 7 nitrogen and oxygen atoms in total. The van der Waals surface area contributed by atoms with Crippen LogP contribution in [0.3, 0.4) is 0 Å². The summed E-state index contributed by atoms with van der Waals surface area (Å²) < 4.78 is 1.81. The topological polar surface area (TPSA) is 80.6 Å². The zero-order valence-corrected chi connectivity index (χ0v) is 21.9. The Balaban J connectivity index is 1.34. The molecule has 1 saturated carbocycles. The van der Waals surface area contributed by atoms with Crippen molar-refractivity contribution < 1.29 is 14.6 Å². The van der Waals surface area contributed by atoms with Crippen LogP contribution in [0, 0.1) is 11.8 Å². The third-order valence-electron chi connectivity index (χ3n) is 7.92. The molecule has 1 aromatic carbocycles. The summed E-state index contributed by atoms with van der Waals surface area (Å²) in [5.41, 5.74) is 4.67. The van der Waals surface area contributed by atoms with Crippen molar-refractivity contribution in [2.75, 3.05) is 19.6 Å². The monoisotopic (exact) mass is 514 g/mol. The normalized spacial score (nSPS) is 25.7. The SMILES string of the molecule is CC1CCC(C2=C(c3cc(-c4ccccc4)sc3C(=O)O)CCN(CC3=NC4N=CC=C[N+]4=N3)C2)CC1. The minimum Gasteiger partial charge on any atom is -0.477 e. The average Bonchev–Trinajstić information content (AvgIpc) is 3.54. The van der Waals surface area contributed by atoms with Crippen LogP contribution < -0.4 is 0 Å². The van der Waals surface area contributed by atoms with Crippen molar-refractivity contribution in [2.45, 2.75) is 45.3 Å². The van der Waals surface area contributed by atoms with Crippen LogP contribution in [-0.4, -0.2) is 58.6 Å². The second kappa shape index (κ2) is 10.3. The highest BCUT2D eigenvalue weighted by Gasteiger charge is 2.34. The summed E-state index contributed by atoms with van der Waals surface area (Å²) in [5, 5.41) is 14.8. The van der Waals surface area contributed by atoms with E-state index in [-0.39, 0.29) is 6.29 Å². The van der Waals surface area contributed by atoms with Gasteiger partial charge in [-0.1, -0.05) is 50.1 Å². The van der Waals surface area contributed by atoms with Gasteiger partial charge >= 0.3 is 12.3 Å². The maximum absolute atomic E-state index is 12.4. The van der Waals surface area contributed by atoms with Crippen LogP contribution in [0.15, 0.2) is 69.3 Å². The maximum Gasteiger partial charge on any atom is 0.377 e. The number of fused-ring (bicyclic) bond motifs is 1. The Bertz CT molecular complexity index is 1350. The van der Waals surface area contributed by atoms with Gasteiger partial charge in [0.1, 0.15) is 4.88 Å². The molecular weight excluding hydrogens is 482 g/mol. The molecular formula is C29H32N5O2S+. The van der Waals surface area contributed by atoms with E-state index in [0.717, 1.165) is 47.3 Å². The molecule has 190 valence electrons. The molecule has 6 rings (SSSR count). The standard InChI is InChI=1S/C29H31N5O2S/c1-19-8-10-20(11-9-19)24-17-33(18-26-31-29-30-13-5-14-34(29)32-26)15-12-22(24)23-16-25(37-27(23)28(35)36)21-6-3-2-4-7-21/h2-7,13-14,16,19-20,29H,8-12,15,17-18H2,1H3/p+1. The van der Waals surface area contributed by atoms with E-state index in [0.29, 0.717) is 17.3 Å². The molecule has 0 saturated heterocycles. The van der Waals surface area contributed by atoms with Crippen LogP contribution >= 0.6 is 11.3 Å². The fraction of sp³-hybridized carbons (Fsp3) is 0.414. The van der Waals surface area contributed by atoms with Crippen LogP contribution in [0.2, 0.25) is 0 Å². The first-order chi connectivity index (χ1) is 18.0. The molecule has 1 aliphatic carbocycles. The lowest BCUT2D eigenvalue weighted by Crippen LogP contribution is -2.37. The molecule has 1 N–H and O–H groups in total. The minimum absolute atomic E-state index is 0.268. The average molecular weight is 515 g/mol. The first kappa shape index (κ1) is 24.1. The van der Waals surface area contributed by atoms with Gasteiger partial charge in [-0.3, -0.25) is 4.90 Å². The van der Waals surface area contributed by atoms with Gasteiger partial charge in [0, 0.05) is 40.9 Å². The zero-order valence-electron chi connectivity index (χ0n) is 21.1. The quantitative estimate of drug-likeness (QED) is 0.469. The van der Waals surface area contributed by atoms with E-state index in [1.165, 1.54) is 48.2 Å². The van der Waals surface area contributed by atoms with Crippen molar-refractivity contribution in [3.05, 3.63) is 64.7 Å². The third kappa shape index (κ3) is 5.00. The van der Waals surface area contributed by atoms with Crippen molar-refractivity contribution in [1.29, 1.82) is 0 Å². The summed E-state index contributed by atoms with van der Waals surface area (Å²) in [6.07, 6.45) is 10.9. The van der Waals surface area contributed by atoms with Gasteiger partial charge in [0.05, 0.1) is 6.54 Å². The lowest BCUT2D eigenvalue weighted by molar-refractivity contribution is -0.551. The molecule has 0 radical (unpaired) electrons. The number of rotatable bonds is 6. The van der Waals surface area contributed by atoms with Gasteiger partial charge in [0.2, 0.25) is 12.0 Å². The Morgan fingerprint density at radius 3 is 2.76 bits per heavy atom. The van der Waals surface area contributed by atoms with E-state index >= 15 is 0 Å². The van der Waals surface area contributed by atoms with Crippen LogP contribution in [0.25, 0.3) is 16.0 Å². The minimum atomic E-state index is -0.835. The van der Waals surface area contributed by atoms with Crippen molar-refractivity contribution >= 4 is 34.9 Å². The van der Waals surface area contributed by atoms with E-state index in [1.54, 1.807) is 10.9 Å². The number of hydrogen-bond donors (Lipinski definition) is 1. The number of aliphatic imine (C=N–C) groups is 2. The molecule has 0 bridgehead atoms. The van der Waals surface area contributed by atoms with Gasteiger partial charge in [-0.25, -0.2) is 9.79 Å². The number of nitrogens with zero attached hydrogens (tertiary/aromatic N) is 5. The molecule has 0 amide bonds.